The molecule has 0 bridgehead atoms. The van der Waals surface area contributed by atoms with Crippen molar-refractivity contribution in [2.75, 3.05) is 0 Å². The Balaban J connectivity index is 2.42. The number of halogens is 1. The first-order valence-corrected chi connectivity index (χ1v) is 6.68. The van der Waals surface area contributed by atoms with E-state index in [0.717, 1.165) is 22.3 Å². The summed E-state index contributed by atoms with van der Waals surface area (Å²) in [6.07, 6.45) is 1.77. The van der Waals surface area contributed by atoms with Crippen LogP contribution in [0.5, 0.6) is 0 Å². The Morgan fingerprint density at radius 2 is 2.00 bits per heavy atom. The van der Waals surface area contributed by atoms with Gasteiger partial charge in [0.1, 0.15) is 5.65 Å². The van der Waals surface area contributed by atoms with E-state index >= 15 is 0 Å². The van der Waals surface area contributed by atoms with Gasteiger partial charge in [0.25, 0.3) is 5.56 Å². The van der Waals surface area contributed by atoms with E-state index in [1.54, 1.807) is 28.6 Å². The van der Waals surface area contributed by atoms with Crippen molar-refractivity contribution in [1.29, 1.82) is 0 Å². The number of fused-ring (bicyclic) bond motifs is 1. The van der Waals surface area contributed by atoms with Gasteiger partial charge in [-0.2, -0.15) is 5.10 Å². The number of para-hydroxylation sites is 1. The minimum Gasteiger partial charge on any atom is -0.295 e. The minimum atomic E-state index is -0.0668. The number of pyridine rings is 1. The zero-order valence-corrected chi connectivity index (χ0v) is 12.2. The largest absolute Gasteiger partial charge is 0.295 e. The summed E-state index contributed by atoms with van der Waals surface area (Å²) < 4.78 is 3.96. The molecule has 0 aliphatic carbocycles. The number of aromatic nitrogens is 3. The maximum atomic E-state index is 12.0. The van der Waals surface area contributed by atoms with Crippen LogP contribution in [0.1, 0.15) is 5.56 Å². The molecule has 96 valence electrons. The van der Waals surface area contributed by atoms with Crippen LogP contribution in [0.3, 0.4) is 0 Å². The molecule has 1 aromatic carbocycles. The first-order chi connectivity index (χ1) is 9.09. The van der Waals surface area contributed by atoms with Crippen LogP contribution in [0.2, 0.25) is 0 Å². The maximum absolute atomic E-state index is 12.0. The molecule has 0 saturated carbocycles. The Kier molecular flexibility index (Phi) is 2.78. The Labute approximate surface area is 118 Å². The van der Waals surface area contributed by atoms with Crippen molar-refractivity contribution in [1.82, 2.24) is 14.3 Å². The number of nitrogens with zero attached hydrogens (tertiary/aromatic N) is 3. The average molecular weight is 318 g/mol. The summed E-state index contributed by atoms with van der Waals surface area (Å²) in [7, 11) is 1.76. The van der Waals surface area contributed by atoms with Gasteiger partial charge in [0.05, 0.1) is 16.4 Å². The Hall–Kier alpha value is -1.88. The summed E-state index contributed by atoms with van der Waals surface area (Å²) >= 11 is 3.28. The first-order valence-electron chi connectivity index (χ1n) is 5.89. The molecule has 3 aromatic rings. The quantitative estimate of drug-likeness (QED) is 0.692. The highest BCUT2D eigenvalue weighted by atomic mass is 79.9. The van der Waals surface area contributed by atoms with Gasteiger partial charge in [-0.1, -0.05) is 18.2 Å². The van der Waals surface area contributed by atoms with Crippen LogP contribution in [-0.4, -0.2) is 14.3 Å². The van der Waals surface area contributed by atoms with Gasteiger partial charge in [0, 0.05) is 12.4 Å². The SMILES string of the molecule is Cc1ccccc1-n1ncc2cc(Br)c(=O)n(C)c21. The molecule has 0 N–H and O–H groups in total. The number of hydrogen-bond donors (Lipinski definition) is 0. The van der Waals surface area contributed by atoms with E-state index in [9.17, 15) is 4.79 Å². The molecule has 19 heavy (non-hydrogen) atoms. The van der Waals surface area contributed by atoms with Crippen molar-refractivity contribution < 1.29 is 0 Å². The van der Waals surface area contributed by atoms with Crippen LogP contribution in [-0.2, 0) is 7.05 Å². The lowest BCUT2D eigenvalue weighted by molar-refractivity contribution is 0.812. The molecule has 2 aromatic heterocycles. The molecular formula is C14H12BrN3O. The van der Waals surface area contributed by atoms with Crippen molar-refractivity contribution >= 4 is 27.0 Å². The van der Waals surface area contributed by atoms with E-state index in [1.807, 2.05) is 31.2 Å². The van der Waals surface area contributed by atoms with Gasteiger partial charge < -0.3 is 0 Å². The van der Waals surface area contributed by atoms with Gasteiger partial charge >= 0.3 is 0 Å². The maximum Gasteiger partial charge on any atom is 0.266 e. The number of rotatable bonds is 1. The van der Waals surface area contributed by atoms with Crippen LogP contribution < -0.4 is 5.56 Å². The molecular weight excluding hydrogens is 306 g/mol. The van der Waals surface area contributed by atoms with Gasteiger partial charge in [-0.25, -0.2) is 4.68 Å². The summed E-state index contributed by atoms with van der Waals surface area (Å²) in [6, 6.07) is 9.78. The van der Waals surface area contributed by atoms with Gasteiger partial charge in [0.15, 0.2) is 0 Å². The standard InChI is InChI=1S/C14H12BrN3O/c1-9-5-3-4-6-12(9)18-13-10(8-16-18)7-11(15)14(19)17(13)2/h3-8H,1-2H3. The van der Waals surface area contributed by atoms with Gasteiger partial charge in [-0.05, 0) is 40.5 Å². The van der Waals surface area contributed by atoms with Crippen LogP contribution in [0.25, 0.3) is 16.7 Å². The summed E-state index contributed by atoms with van der Waals surface area (Å²) in [5, 5.41) is 5.33. The van der Waals surface area contributed by atoms with Gasteiger partial charge in [-0.3, -0.25) is 9.36 Å². The highest BCUT2D eigenvalue weighted by molar-refractivity contribution is 9.10. The predicted molar refractivity (Wildman–Crippen MR) is 78.7 cm³/mol. The third kappa shape index (κ3) is 1.81. The van der Waals surface area contributed by atoms with E-state index in [-0.39, 0.29) is 5.56 Å². The molecule has 0 amide bonds. The molecule has 2 heterocycles. The molecule has 0 unspecified atom stereocenters. The van der Waals surface area contributed by atoms with Crippen molar-refractivity contribution in [2.24, 2.45) is 7.05 Å². The summed E-state index contributed by atoms with van der Waals surface area (Å²) in [5.41, 5.74) is 2.82. The van der Waals surface area contributed by atoms with Gasteiger partial charge in [0.2, 0.25) is 0 Å². The predicted octanol–water partition coefficient (Wildman–Crippen LogP) is 2.80. The van der Waals surface area contributed by atoms with Crippen molar-refractivity contribution in [3.8, 4) is 5.69 Å². The topological polar surface area (TPSA) is 39.8 Å². The summed E-state index contributed by atoms with van der Waals surface area (Å²) in [5.74, 6) is 0. The van der Waals surface area contributed by atoms with Crippen molar-refractivity contribution in [3.05, 3.63) is 56.9 Å². The fourth-order valence-corrected chi connectivity index (χ4v) is 2.74. The van der Waals surface area contributed by atoms with E-state index < -0.39 is 0 Å². The van der Waals surface area contributed by atoms with Crippen LogP contribution >= 0.6 is 15.9 Å². The monoisotopic (exact) mass is 317 g/mol. The van der Waals surface area contributed by atoms with E-state index in [1.165, 1.54) is 0 Å². The third-order valence-electron chi connectivity index (χ3n) is 3.22. The summed E-state index contributed by atoms with van der Waals surface area (Å²) in [4.78, 5) is 12.0. The van der Waals surface area contributed by atoms with Crippen molar-refractivity contribution in [2.45, 2.75) is 6.92 Å². The normalized spacial score (nSPS) is 11.1. The summed E-state index contributed by atoms with van der Waals surface area (Å²) in [6.45, 7) is 2.03. The molecule has 0 spiro atoms. The lowest BCUT2D eigenvalue weighted by atomic mass is 10.2. The van der Waals surface area contributed by atoms with Crippen LogP contribution in [0, 0.1) is 6.92 Å². The second-order valence-electron chi connectivity index (χ2n) is 4.48. The first kappa shape index (κ1) is 12.2. The lowest BCUT2D eigenvalue weighted by Crippen LogP contribution is -2.19. The molecule has 0 saturated heterocycles. The molecule has 3 rings (SSSR count). The fourth-order valence-electron chi connectivity index (χ4n) is 2.22. The Morgan fingerprint density at radius 1 is 1.26 bits per heavy atom. The smallest absolute Gasteiger partial charge is 0.266 e. The molecule has 4 nitrogen and oxygen atoms in total. The number of aryl methyl sites for hydroxylation is 2. The third-order valence-corrected chi connectivity index (χ3v) is 3.79. The highest BCUT2D eigenvalue weighted by Gasteiger charge is 2.12. The molecule has 0 fully saturated rings. The fraction of sp³-hybridized carbons (Fsp3) is 0.143. The number of benzene rings is 1. The lowest BCUT2D eigenvalue weighted by Gasteiger charge is -2.09. The highest BCUT2D eigenvalue weighted by Crippen LogP contribution is 2.21. The van der Waals surface area contributed by atoms with E-state index in [4.69, 9.17) is 0 Å². The second kappa shape index (κ2) is 4.35. The minimum absolute atomic E-state index is 0.0668. The van der Waals surface area contributed by atoms with E-state index in [2.05, 4.69) is 21.0 Å². The van der Waals surface area contributed by atoms with Crippen LogP contribution in [0.4, 0.5) is 0 Å². The average Bonchev–Trinajstić information content (AvgIpc) is 2.80. The van der Waals surface area contributed by atoms with Crippen LogP contribution in [0.15, 0.2) is 45.8 Å². The Morgan fingerprint density at radius 3 is 2.74 bits per heavy atom. The molecule has 0 aliphatic rings. The molecule has 0 radical (unpaired) electrons. The zero-order valence-electron chi connectivity index (χ0n) is 10.6. The molecule has 5 heteroatoms. The Bertz CT molecular complexity index is 832. The second-order valence-corrected chi connectivity index (χ2v) is 5.33. The van der Waals surface area contributed by atoms with Crippen molar-refractivity contribution in [3.63, 3.8) is 0 Å². The van der Waals surface area contributed by atoms with E-state index in [0.29, 0.717) is 4.47 Å². The number of hydrogen-bond acceptors (Lipinski definition) is 2. The zero-order chi connectivity index (χ0) is 13.6. The van der Waals surface area contributed by atoms with Gasteiger partial charge in [-0.15, -0.1) is 0 Å². The molecule has 0 atom stereocenters. The molecule has 0 aliphatic heterocycles.